The van der Waals surface area contributed by atoms with Crippen molar-refractivity contribution in [2.24, 2.45) is 0 Å². The van der Waals surface area contributed by atoms with Crippen LogP contribution in [0, 0.1) is 0 Å². The molecule has 0 aromatic rings. The van der Waals surface area contributed by atoms with Crippen LogP contribution in [0.2, 0.25) is 0 Å². The van der Waals surface area contributed by atoms with Crippen molar-refractivity contribution in [3.63, 3.8) is 0 Å². The van der Waals surface area contributed by atoms with Gasteiger partial charge in [0, 0.05) is 12.8 Å². The molecule has 1 aliphatic heterocycles. The van der Waals surface area contributed by atoms with Crippen LogP contribution < -0.4 is 0 Å². The molecule has 0 aromatic carbocycles. The smallest absolute Gasteiger partial charge is 0.351 e. The normalized spacial score (nSPS) is 29.6. The lowest BCUT2D eigenvalue weighted by atomic mass is 9.95. The van der Waals surface area contributed by atoms with Crippen LogP contribution in [-0.4, -0.2) is 34.7 Å². The van der Waals surface area contributed by atoms with Gasteiger partial charge in [0.05, 0.1) is 0 Å². The molecule has 2 unspecified atom stereocenters. The molecule has 1 rings (SSSR count). The van der Waals surface area contributed by atoms with E-state index in [1.165, 1.54) is 6.92 Å². The topological polar surface area (TPSA) is 89.9 Å². The molecule has 6 heteroatoms. The first-order valence-corrected chi connectivity index (χ1v) is 6.05. The third kappa shape index (κ3) is 3.21. The Hall–Kier alpha value is -1.59. The molecule has 1 N–H and O–H groups in total. The van der Waals surface area contributed by atoms with Gasteiger partial charge in [0.2, 0.25) is 5.60 Å². The van der Waals surface area contributed by atoms with Gasteiger partial charge in [0.15, 0.2) is 6.10 Å². The van der Waals surface area contributed by atoms with Gasteiger partial charge < -0.3 is 14.6 Å². The highest BCUT2D eigenvalue weighted by molar-refractivity contribution is 5.83. The maximum atomic E-state index is 11.5. The van der Waals surface area contributed by atoms with Gasteiger partial charge in [-0.2, -0.15) is 0 Å². The Morgan fingerprint density at radius 3 is 2.56 bits per heavy atom. The Morgan fingerprint density at radius 1 is 1.39 bits per heavy atom. The zero-order valence-corrected chi connectivity index (χ0v) is 10.6. The number of hydrogen-bond donors (Lipinski definition) is 1. The van der Waals surface area contributed by atoms with E-state index in [1.807, 2.05) is 6.92 Å². The van der Waals surface area contributed by atoms with Crippen molar-refractivity contribution in [2.75, 3.05) is 0 Å². The minimum atomic E-state index is -1.81. The highest BCUT2D eigenvalue weighted by atomic mass is 16.6. The highest BCUT2D eigenvalue weighted by Crippen LogP contribution is 2.26. The summed E-state index contributed by atoms with van der Waals surface area (Å²) in [5.74, 6) is -2.40. The molecule has 0 amide bonds. The fraction of sp³-hybridized carbons (Fsp3) is 0.750. The zero-order chi connectivity index (χ0) is 13.8. The molecule has 0 radical (unpaired) electrons. The van der Waals surface area contributed by atoms with Gasteiger partial charge in [-0.05, 0) is 19.8 Å². The fourth-order valence-corrected chi connectivity index (χ4v) is 1.84. The fourth-order valence-electron chi connectivity index (χ4n) is 1.84. The summed E-state index contributed by atoms with van der Waals surface area (Å²) >= 11 is 0. The summed E-state index contributed by atoms with van der Waals surface area (Å²) < 4.78 is 10.2. The van der Waals surface area contributed by atoms with E-state index < -0.39 is 29.6 Å². The minimum absolute atomic E-state index is 0.0246. The SMILES string of the molecule is CCCC1OC(=O)CCCC(=O)OC1(C)C(=O)O. The molecule has 1 aliphatic rings. The van der Waals surface area contributed by atoms with Gasteiger partial charge in [-0.1, -0.05) is 13.3 Å². The van der Waals surface area contributed by atoms with Gasteiger partial charge >= 0.3 is 17.9 Å². The predicted octanol–water partition coefficient (Wildman–Crippen LogP) is 1.27. The minimum Gasteiger partial charge on any atom is -0.478 e. The molecule has 0 saturated carbocycles. The van der Waals surface area contributed by atoms with Crippen molar-refractivity contribution >= 4 is 17.9 Å². The van der Waals surface area contributed by atoms with E-state index in [4.69, 9.17) is 9.47 Å². The quantitative estimate of drug-likeness (QED) is 0.767. The van der Waals surface area contributed by atoms with Crippen LogP contribution >= 0.6 is 0 Å². The maximum absolute atomic E-state index is 11.5. The number of ether oxygens (including phenoxy) is 2. The van der Waals surface area contributed by atoms with Gasteiger partial charge in [-0.25, -0.2) is 4.79 Å². The first-order chi connectivity index (χ1) is 8.40. The average Bonchev–Trinajstić information content (AvgIpc) is 2.31. The molecule has 0 bridgehead atoms. The largest absolute Gasteiger partial charge is 0.478 e. The van der Waals surface area contributed by atoms with Crippen molar-refractivity contribution in [3.8, 4) is 0 Å². The lowest BCUT2D eigenvalue weighted by Crippen LogP contribution is -2.52. The molecule has 1 heterocycles. The number of carboxylic acids is 1. The van der Waals surface area contributed by atoms with E-state index >= 15 is 0 Å². The van der Waals surface area contributed by atoms with E-state index in [2.05, 4.69) is 0 Å². The second-order valence-electron chi connectivity index (χ2n) is 4.51. The summed E-state index contributed by atoms with van der Waals surface area (Å²) in [6.45, 7) is 3.11. The Kier molecular flexibility index (Phi) is 4.69. The van der Waals surface area contributed by atoms with Gasteiger partial charge in [0.1, 0.15) is 0 Å². The number of cyclic esters (lactones) is 2. The third-order valence-corrected chi connectivity index (χ3v) is 2.95. The number of carbonyl (C=O) groups is 3. The lowest BCUT2D eigenvalue weighted by molar-refractivity contribution is -0.196. The van der Waals surface area contributed by atoms with Crippen molar-refractivity contribution in [1.82, 2.24) is 0 Å². The first kappa shape index (κ1) is 14.5. The second kappa shape index (κ2) is 5.84. The Morgan fingerprint density at radius 2 is 2.00 bits per heavy atom. The number of hydrogen-bond acceptors (Lipinski definition) is 5. The summed E-state index contributed by atoms with van der Waals surface area (Å²) in [5, 5.41) is 9.24. The number of rotatable bonds is 3. The van der Waals surface area contributed by atoms with E-state index in [9.17, 15) is 19.5 Å². The predicted molar refractivity (Wildman–Crippen MR) is 60.8 cm³/mol. The van der Waals surface area contributed by atoms with Gasteiger partial charge in [-0.3, -0.25) is 9.59 Å². The number of aliphatic carboxylic acids is 1. The molecular formula is C12H18O6. The molecule has 0 aliphatic carbocycles. The zero-order valence-electron chi connectivity index (χ0n) is 10.6. The third-order valence-electron chi connectivity index (χ3n) is 2.95. The first-order valence-electron chi connectivity index (χ1n) is 6.05. The molecule has 2 atom stereocenters. The molecular weight excluding hydrogens is 240 g/mol. The van der Waals surface area contributed by atoms with Crippen molar-refractivity contribution in [2.45, 2.75) is 57.7 Å². The average molecular weight is 258 g/mol. The molecule has 102 valence electrons. The number of carboxylic acid groups (broad SMARTS) is 1. The van der Waals surface area contributed by atoms with Crippen molar-refractivity contribution < 1.29 is 29.0 Å². The summed E-state index contributed by atoms with van der Waals surface area (Å²) in [6, 6.07) is 0. The van der Waals surface area contributed by atoms with E-state index in [0.717, 1.165) is 0 Å². The summed E-state index contributed by atoms with van der Waals surface area (Å²) in [7, 11) is 0. The van der Waals surface area contributed by atoms with Crippen molar-refractivity contribution in [3.05, 3.63) is 0 Å². The van der Waals surface area contributed by atoms with E-state index in [1.54, 1.807) is 0 Å². The Labute approximate surface area is 105 Å². The van der Waals surface area contributed by atoms with Crippen LogP contribution in [0.3, 0.4) is 0 Å². The van der Waals surface area contributed by atoms with Crippen LogP contribution in [0.5, 0.6) is 0 Å². The standard InChI is InChI=1S/C12H18O6/c1-3-5-8-12(2,11(15)16)18-10(14)7-4-6-9(13)17-8/h8H,3-7H2,1-2H3,(H,15,16). The molecule has 6 nitrogen and oxygen atoms in total. The van der Waals surface area contributed by atoms with Gasteiger partial charge in [-0.15, -0.1) is 0 Å². The molecule has 18 heavy (non-hydrogen) atoms. The van der Waals surface area contributed by atoms with Crippen LogP contribution in [0.15, 0.2) is 0 Å². The molecule has 0 spiro atoms. The Bertz CT molecular complexity index is 350. The number of carbonyl (C=O) groups excluding carboxylic acids is 2. The molecule has 1 saturated heterocycles. The Balaban J connectivity index is 3.04. The van der Waals surface area contributed by atoms with Crippen LogP contribution in [0.4, 0.5) is 0 Å². The maximum Gasteiger partial charge on any atom is 0.351 e. The monoisotopic (exact) mass is 258 g/mol. The van der Waals surface area contributed by atoms with E-state index in [0.29, 0.717) is 19.3 Å². The molecule has 0 aromatic heterocycles. The molecule has 1 fully saturated rings. The van der Waals surface area contributed by atoms with Crippen molar-refractivity contribution in [1.29, 1.82) is 0 Å². The van der Waals surface area contributed by atoms with Gasteiger partial charge in [0.25, 0.3) is 0 Å². The van der Waals surface area contributed by atoms with E-state index in [-0.39, 0.29) is 12.8 Å². The summed E-state index contributed by atoms with van der Waals surface area (Å²) in [5.41, 5.74) is -1.81. The second-order valence-corrected chi connectivity index (χ2v) is 4.51. The summed E-state index contributed by atoms with van der Waals surface area (Å²) in [6.07, 6.45) is 0.448. The van der Waals surface area contributed by atoms with Crippen LogP contribution in [0.25, 0.3) is 0 Å². The number of esters is 2. The lowest BCUT2D eigenvalue weighted by Gasteiger charge is -2.32. The summed E-state index contributed by atoms with van der Waals surface area (Å²) in [4.78, 5) is 34.3. The van der Waals surface area contributed by atoms with Crippen LogP contribution in [-0.2, 0) is 23.9 Å². The highest BCUT2D eigenvalue weighted by Gasteiger charge is 2.48. The van der Waals surface area contributed by atoms with Crippen LogP contribution in [0.1, 0.15) is 46.0 Å².